The smallest absolute Gasteiger partial charge is 0.344 e. The SMILES string of the molecule is O=C1OC(O)c2c(F)c(F)c(F)c(F)c21. The molecule has 1 atom stereocenters. The van der Waals surface area contributed by atoms with Gasteiger partial charge >= 0.3 is 5.97 Å². The summed E-state index contributed by atoms with van der Waals surface area (Å²) in [5, 5.41) is 8.93. The predicted molar refractivity (Wildman–Crippen MR) is 36.6 cm³/mol. The number of halogens is 4. The molecule has 0 saturated heterocycles. The Morgan fingerprint density at radius 1 is 1.00 bits per heavy atom. The van der Waals surface area contributed by atoms with Crippen LogP contribution in [0.4, 0.5) is 17.6 Å². The van der Waals surface area contributed by atoms with Crippen molar-refractivity contribution in [1.82, 2.24) is 0 Å². The van der Waals surface area contributed by atoms with E-state index in [2.05, 4.69) is 4.74 Å². The number of cyclic esters (lactones) is 1. The molecule has 0 aliphatic carbocycles. The molecule has 7 heteroatoms. The number of ether oxygens (including phenoxy) is 1. The molecule has 80 valence electrons. The highest BCUT2D eigenvalue weighted by Gasteiger charge is 2.40. The van der Waals surface area contributed by atoms with Crippen LogP contribution < -0.4 is 0 Å². The van der Waals surface area contributed by atoms with Crippen molar-refractivity contribution in [3.8, 4) is 0 Å². The lowest BCUT2D eigenvalue weighted by Crippen LogP contribution is -2.07. The molecule has 0 bridgehead atoms. The number of hydrogen-bond acceptors (Lipinski definition) is 3. The van der Waals surface area contributed by atoms with Crippen molar-refractivity contribution in [1.29, 1.82) is 0 Å². The van der Waals surface area contributed by atoms with Crippen molar-refractivity contribution in [2.45, 2.75) is 6.29 Å². The first-order chi connectivity index (χ1) is 6.95. The van der Waals surface area contributed by atoms with Gasteiger partial charge in [0.15, 0.2) is 23.3 Å². The van der Waals surface area contributed by atoms with Crippen LogP contribution in [-0.2, 0) is 4.74 Å². The summed E-state index contributed by atoms with van der Waals surface area (Å²) in [4.78, 5) is 10.8. The third-order valence-electron chi connectivity index (χ3n) is 1.97. The summed E-state index contributed by atoms with van der Waals surface area (Å²) in [7, 11) is 0. The largest absolute Gasteiger partial charge is 0.428 e. The summed E-state index contributed by atoms with van der Waals surface area (Å²) in [6.07, 6.45) is -2.11. The fourth-order valence-corrected chi connectivity index (χ4v) is 1.30. The second-order valence-corrected chi connectivity index (χ2v) is 2.80. The molecule has 0 aromatic heterocycles. The summed E-state index contributed by atoms with van der Waals surface area (Å²) in [5.74, 6) is -9.35. The number of carbonyl (C=O) groups is 1. The van der Waals surface area contributed by atoms with Crippen molar-refractivity contribution >= 4 is 5.97 Å². The van der Waals surface area contributed by atoms with Gasteiger partial charge in [-0.3, -0.25) is 0 Å². The monoisotopic (exact) mass is 222 g/mol. The topological polar surface area (TPSA) is 46.5 Å². The first-order valence-electron chi connectivity index (χ1n) is 3.70. The van der Waals surface area contributed by atoms with Gasteiger partial charge in [0, 0.05) is 0 Å². The van der Waals surface area contributed by atoms with E-state index in [0.29, 0.717) is 0 Å². The molecular formula is C8H2F4O3. The normalized spacial score (nSPS) is 19.0. The molecule has 1 aromatic rings. The van der Waals surface area contributed by atoms with Crippen LogP contribution in [0, 0.1) is 23.3 Å². The zero-order valence-electron chi connectivity index (χ0n) is 6.85. The van der Waals surface area contributed by atoms with E-state index in [1.165, 1.54) is 0 Å². The number of aliphatic hydroxyl groups is 1. The lowest BCUT2D eigenvalue weighted by Gasteiger charge is -2.04. The first-order valence-corrected chi connectivity index (χ1v) is 3.70. The quantitative estimate of drug-likeness (QED) is 0.312. The molecule has 1 unspecified atom stereocenters. The van der Waals surface area contributed by atoms with E-state index < -0.39 is 46.7 Å². The number of esters is 1. The second kappa shape index (κ2) is 2.93. The molecule has 15 heavy (non-hydrogen) atoms. The number of benzene rings is 1. The average Bonchev–Trinajstić information content (AvgIpc) is 2.47. The van der Waals surface area contributed by atoms with Crippen LogP contribution in [0.1, 0.15) is 22.2 Å². The highest BCUT2D eigenvalue weighted by Crippen LogP contribution is 2.35. The number of hydrogen-bond donors (Lipinski definition) is 1. The number of carbonyl (C=O) groups excluding carboxylic acids is 1. The van der Waals surface area contributed by atoms with Crippen LogP contribution in [0.3, 0.4) is 0 Å². The zero-order chi connectivity index (χ0) is 11.3. The highest BCUT2D eigenvalue weighted by molar-refractivity contribution is 5.94. The Balaban J connectivity index is 2.86. The predicted octanol–water partition coefficient (Wildman–Crippen LogP) is 1.40. The first kappa shape index (κ1) is 9.91. The van der Waals surface area contributed by atoms with Crippen LogP contribution in [0.2, 0.25) is 0 Å². The Hall–Kier alpha value is -1.63. The molecule has 1 aliphatic heterocycles. The summed E-state index contributed by atoms with van der Waals surface area (Å²) in [6.45, 7) is 0. The van der Waals surface area contributed by atoms with E-state index in [1.54, 1.807) is 0 Å². The van der Waals surface area contributed by atoms with Gasteiger partial charge in [-0.05, 0) is 0 Å². The Morgan fingerprint density at radius 3 is 2.13 bits per heavy atom. The maximum atomic E-state index is 13.0. The van der Waals surface area contributed by atoms with Crippen molar-refractivity contribution in [2.75, 3.05) is 0 Å². The average molecular weight is 222 g/mol. The maximum Gasteiger partial charge on any atom is 0.344 e. The van der Waals surface area contributed by atoms with E-state index in [1.807, 2.05) is 0 Å². The van der Waals surface area contributed by atoms with Gasteiger partial charge in [0.2, 0.25) is 6.29 Å². The van der Waals surface area contributed by atoms with Gasteiger partial charge < -0.3 is 9.84 Å². The second-order valence-electron chi connectivity index (χ2n) is 2.80. The molecule has 0 amide bonds. The Bertz CT molecular complexity index is 472. The Kier molecular flexibility index (Phi) is 1.93. The molecule has 1 aromatic carbocycles. The summed E-state index contributed by atoms with van der Waals surface area (Å²) < 4.78 is 55.3. The standard InChI is InChI=1S/C8H2F4O3/c9-3-1-2(8(14)15-7(1)13)4(10)6(12)5(3)11/h7,13H. The van der Waals surface area contributed by atoms with E-state index in [-0.39, 0.29) is 0 Å². The van der Waals surface area contributed by atoms with Crippen LogP contribution in [0.15, 0.2) is 0 Å². The summed E-state index contributed by atoms with van der Waals surface area (Å²) in [5.41, 5.74) is -2.13. The number of rotatable bonds is 0. The van der Waals surface area contributed by atoms with E-state index in [0.717, 1.165) is 0 Å². The maximum absolute atomic E-state index is 13.0. The fraction of sp³-hybridized carbons (Fsp3) is 0.125. The van der Waals surface area contributed by atoms with Crippen LogP contribution in [0.5, 0.6) is 0 Å². The fourth-order valence-electron chi connectivity index (χ4n) is 1.30. The van der Waals surface area contributed by atoms with Gasteiger partial charge in [-0.2, -0.15) is 0 Å². The minimum atomic E-state index is -2.11. The molecule has 0 saturated carbocycles. The molecule has 1 heterocycles. The number of fused-ring (bicyclic) bond motifs is 1. The Morgan fingerprint density at radius 2 is 1.53 bits per heavy atom. The van der Waals surface area contributed by atoms with Gasteiger partial charge in [0.1, 0.15) is 5.56 Å². The lowest BCUT2D eigenvalue weighted by molar-refractivity contribution is -0.0564. The van der Waals surface area contributed by atoms with Gasteiger partial charge in [-0.25, -0.2) is 22.4 Å². The van der Waals surface area contributed by atoms with Gasteiger partial charge in [0.25, 0.3) is 0 Å². The highest BCUT2D eigenvalue weighted by atomic mass is 19.2. The molecular weight excluding hydrogens is 220 g/mol. The van der Waals surface area contributed by atoms with Gasteiger partial charge in [-0.1, -0.05) is 0 Å². The molecule has 2 rings (SSSR count). The molecule has 0 fully saturated rings. The molecule has 1 N–H and O–H groups in total. The van der Waals surface area contributed by atoms with Crippen molar-refractivity contribution < 1.29 is 32.2 Å². The number of aliphatic hydroxyl groups excluding tert-OH is 1. The minimum Gasteiger partial charge on any atom is -0.428 e. The molecule has 1 aliphatic rings. The summed E-state index contributed by atoms with van der Waals surface area (Å²) in [6, 6.07) is 0. The van der Waals surface area contributed by atoms with E-state index in [9.17, 15) is 22.4 Å². The van der Waals surface area contributed by atoms with Crippen molar-refractivity contribution in [3.05, 3.63) is 34.4 Å². The minimum absolute atomic E-state index is 1.02. The van der Waals surface area contributed by atoms with Crippen molar-refractivity contribution in [3.63, 3.8) is 0 Å². The lowest BCUT2D eigenvalue weighted by atomic mass is 10.1. The van der Waals surface area contributed by atoms with Crippen LogP contribution in [-0.4, -0.2) is 11.1 Å². The van der Waals surface area contributed by atoms with Crippen molar-refractivity contribution in [2.24, 2.45) is 0 Å². The van der Waals surface area contributed by atoms with Gasteiger partial charge in [0.05, 0.1) is 5.56 Å². The molecule has 0 radical (unpaired) electrons. The van der Waals surface area contributed by atoms with E-state index in [4.69, 9.17) is 5.11 Å². The zero-order valence-corrected chi connectivity index (χ0v) is 6.85. The summed E-state index contributed by atoms with van der Waals surface area (Å²) >= 11 is 0. The Labute approximate surface area is 79.9 Å². The van der Waals surface area contributed by atoms with E-state index >= 15 is 0 Å². The van der Waals surface area contributed by atoms with Gasteiger partial charge in [-0.15, -0.1) is 0 Å². The molecule has 3 nitrogen and oxygen atoms in total. The third-order valence-corrected chi connectivity index (χ3v) is 1.97. The molecule has 0 spiro atoms. The third kappa shape index (κ3) is 1.13. The van der Waals surface area contributed by atoms with Crippen LogP contribution >= 0.6 is 0 Å². The van der Waals surface area contributed by atoms with Crippen LogP contribution in [0.25, 0.3) is 0 Å².